The molecular formula is C18H21NO2. The van der Waals surface area contributed by atoms with Gasteiger partial charge in [0.2, 0.25) is 0 Å². The molecule has 0 aliphatic heterocycles. The van der Waals surface area contributed by atoms with E-state index in [1.807, 2.05) is 50.2 Å². The van der Waals surface area contributed by atoms with Crippen molar-refractivity contribution in [1.82, 2.24) is 0 Å². The first-order valence-electron chi connectivity index (χ1n) is 7.20. The van der Waals surface area contributed by atoms with Gasteiger partial charge in [0.1, 0.15) is 5.75 Å². The van der Waals surface area contributed by atoms with Crippen LogP contribution < -0.4 is 10.5 Å². The van der Waals surface area contributed by atoms with Gasteiger partial charge in [-0.1, -0.05) is 24.3 Å². The number of nitrogens with two attached hydrogens (primary N) is 1. The van der Waals surface area contributed by atoms with Gasteiger partial charge in [-0.25, -0.2) is 0 Å². The van der Waals surface area contributed by atoms with Crippen LogP contribution in [0.15, 0.2) is 48.5 Å². The minimum absolute atomic E-state index is 0.0189. The van der Waals surface area contributed by atoms with Gasteiger partial charge in [0.05, 0.1) is 6.10 Å². The van der Waals surface area contributed by atoms with E-state index in [0.29, 0.717) is 17.7 Å². The molecule has 0 aliphatic carbocycles. The minimum Gasteiger partial charge on any atom is -0.491 e. The first-order valence-corrected chi connectivity index (χ1v) is 7.20. The topological polar surface area (TPSA) is 52.3 Å². The second kappa shape index (κ2) is 7.04. The van der Waals surface area contributed by atoms with E-state index in [-0.39, 0.29) is 11.9 Å². The Morgan fingerprint density at radius 3 is 2.00 bits per heavy atom. The van der Waals surface area contributed by atoms with Gasteiger partial charge in [-0.05, 0) is 56.6 Å². The second-order valence-corrected chi connectivity index (χ2v) is 5.26. The maximum atomic E-state index is 12.4. The Morgan fingerprint density at radius 2 is 1.52 bits per heavy atom. The number of ether oxygens (including phenoxy) is 1. The third-order valence-electron chi connectivity index (χ3n) is 3.14. The van der Waals surface area contributed by atoms with E-state index < -0.39 is 0 Å². The highest BCUT2D eigenvalue weighted by atomic mass is 16.5. The van der Waals surface area contributed by atoms with Crippen LogP contribution >= 0.6 is 0 Å². The Balaban J connectivity index is 2.12. The molecule has 2 aromatic carbocycles. The lowest BCUT2D eigenvalue weighted by molar-refractivity contribution is 0.103. The molecule has 21 heavy (non-hydrogen) atoms. The molecule has 0 atom stereocenters. The fourth-order valence-corrected chi connectivity index (χ4v) is 2.11. The zero-order chi connectivity index (χ0) is 15.2. The van der Waals surface area contributed by atoms with Gasteiger partial charge in [-0.15, -0.1) is 0 Å². The minimum atomic E-state index is 0.0189. The Kier molecular flexibility index (Phi) is 5.12. The Labute approximate surface area is 125 Å². The van der Waals surface area contributed by atoms with Gasteiger partial charge in [-0.3, -0.25) is 4.79 Å². The van der Waals surface area contributed by atoms with Crippen LogP contribution in [0.25, 0.3) is 0 Å². The lowest BCUT2D eigenvalue weighted by Gasteiger charge is -2.10. The van der Waals surface area contributed by atoms with Crippen molar-refractivity contribution in [3.63, 3.8) is 0 Å². The summed E-state index contributed by atoms with van der Waals surface area (Å²) in [6, 6.07) is 14.9. The smallest absolute Gasteiger partial charge is 0.193 e. The highest BCUT2D eigenvalue weighted by Gasteiger charge is 2.09. The average Bonchev–Trinajstić information content (AvgIpc) is 2.48. The number of benzene rings is 2. The summed E-state index contributed by atoms with van der Waals surface area (Å²) < 4.78 is 5.57. The highest BCUT2D eigenvalue weighted by Crippen LogP contribution is 2.17. The van der Waals surface area contributed by atoms with Crippen molar-refractivity contribution in [3.05, 3.63) is 65.2 Å². The normalized spacial score (nSPS) is 10.7. The van der Waals surface area contributed by atoms with Gasteiger partial charge in [0.25, 0.3) is 0 Å². The second-order valence-electron chi connectivity index (χ2n) is 5.26. The summed E-state index contributed by atoms with van der Waals surface area (Å²) in [5, 5.41) is 0. The fourth-order valence-electron chi connectivity index (χ4n) is 2.11. The van der Waals surface area contributed by atoms with Crippen molar-refractivity contribution >= 4 is 5.78 Å². The molecule has 0 aromatic heterocycles. The maximum Gasteiger partial charge on any atom is 0.193 e. The molecule has 0 heterocycles. The molecule has 0 unspecified atom stereocenters. The number of hydrogen-bond acceptors (Lipinski definition) is 3. The van der Waals surface area contributed by atoms with Crippen LogP contribution in [-0.2, 0) is 6.42 Å². The Bertz CT molecular complexity index is 586. The van der Waals surface area contributed by atoms with Gasteiger partial charge < -0.3 is 10.5 Å². The largest absolute Gasteiger partial charge is 0.491 e. The average molecular weight is 283 g/mol. The van der Waals surface area contributed by atoms with Gasteiger partial charge >= 0.3 is 0 Å². The zero-order valence-corrected chi connectivity index (χ0v) is 12.5. The van der Waals surface area contributed by atoms with Gasteiger partial charge in [0.15, 0.2) is 5.78 Å². The van der Waals surface area contributed by atoms with Crippen molar-refractivity contribution in [2.45, 2.75) is 26.4 Å². The molecule has 0 amide bonds. The standard InChI is InChI=1S/C18H21NO2/c1-13(2)21-17-9-7-16(8-10-17)18(20)15-5-3-14(4-6-15)11-12-19/h3-10,13H,11-12,19H2,1-2H3. The molecule has 110 valence electrons. The van der Waals surface area contributed by atoms with Crippen LogP contribution in [0.1, 0.15) is 35.3 Å². The van der Waals surface area contributed by atoms with Crippen LogP contribution in [-0.4, -0.2) is 18.4 Å². The van der Waals surface area contributed by atoms with Crippen LogP contribution in [0, 0.1) is 0 Å². The summed E-state index contributed by atoms with van der Waals surface area (Å²) in [5.41, 5.74) is 8.02. The van der Waals surface area contributed by atoms with E-state index in [2.05, 4.69) is 0 Å². The third-order valence-corrected chi connectivity index (χ3v) is 3.14. The number of hydrogen-bond donors (Lipinski definition) is 1. The van der Waals surface area contributed by atoms with E-state index in [1.165, 1.54) is 0 Å². The molecule has 0 radical (unpaired) electrons. The van der Waals surface area contributed by atoms with E-state index in [9.17, 15) is 4.79 Å². The van der Waals surface area contributed by atoms with E-state index >= 15 is 0 Å². The highest BCUT2D eigenvalue weighted by molar-refractivity contribution is 6.09. The number of carbonyl (C=O) groups excluding carboxylic acids is 1. The summed E-state index contributed by atoms with van der Waals surface area (Å²) >= 11 is 0. The first-order chi connectivity index (χ1) is 10.1. The quantitative estimate of drug-likeness (QED) is 0.828. The molecule has 0 saturated heterocycles. The lowest BCUT2D eigenvalue weighted by Crippen LogP contribution is -2.06. The lowest BCUT2D eigenvalue weighted by atomic mass is 10.0. The number of carbonyl (C=O) groups is 1. The van der Waals surface area contributed by atoms with Crippen LogP contribution in [0.2, 0.25) is 0 Å². The molecule has 0 bridgehead atoms. The van der Waals surface area contributed by atoms with Crippen molar-refractivity contribution in [1.29, 1.82) is 0 Å². The Morgan fingerprint density at radius 1 is 1.00 bits per heavy atom. The van der Waals surface area contributed by atoms with Gasteiger partial charge in [0, 0.05) is 11.1 Å². The maximum absolute atomic E-state index is 12.4. The van der Waals surface area contributed by atoms with Crippen LogP contribution in [0.3, 0.4) is 0 Å². The predicted molar refractivity (Wildman–Crippen MR) is 84.8 cm³/mol. The summed E-state index contributed by atoms with van der Waals surface area (Å²) in [6.07, 6.45) is 0.956. The summed E-state index contributed by atoms with van der Waals surface area (Å²) in [6.45, 7) is 4.56. The summed E-state index contributed by atoms with van der Waals surface area (Å²) in [7, 11) is 0. The fraction of sp³-hybridized carbons (Fsp3) is 0.278. The zero-order valence-electron chi connectivity index (χ0n) is 12.5. The third kappa shape index (κ3) is 4.17. The van der Waals surface area contributed by atoms with Crippen molar-refractivity contribution in [2.24, 2.45) is 5.73 Å². The van der Waals surface area contributed by atoms with E-state index in [0.717, 1.165) is 17.7 Å². The Hall–Kier alpha value is -2.13. The molecule has 2 rings (SSSR count). The molecule has 3 heteroatoms. The molecular weight excluding hydrogens is 262 g/mol. The van der Waals surface area contributed by atoms with E-state index in [4.69, 9.17) is 10.5 Å². The van der Waals surface area contributed by atoms with Crippen LogP contribution in [0.5, 0.6) is 5.75 Å². The molecule has 2 aromatic rings. The molecule has 2 N–H and O–H groups in total. The molecule has 0 aliphatic rings. The van der Waals surface area contributed by atoms with Gasteiger partial charge in [-0.2, -0.15) is 0 Å². The van der Waals surface area contributed by atoms with Crippen molar-refractivity contribution < 1.29 is 9.53 Å². The summed E-state index contributed by atoms with van der Waals surface area (Å²) in [5.74, 6) is 0.797. The molecule has 0 fully saturated rings. The molecule has 0 spiro atoms. The monoisotopic (exact) mass is 283 g/mol. The van der Waals surface area contributed by atoms with E-state index in [1.54, 1.807) is 12.1 Å². The van der Waals surface area contributed by atoms with Crippen molar-refractivity contribution in [3.8, 4) is 5.75 Å². The van der Waals surface area contributed by atoms with Crippen molar-refractivity contribution in [2.75, 3.05) is 6.54 Å². The number of rotatable bonds is 6. The first kappa shape index (κ1) is 15.3. The predicted octanol–water partition coefficient (Wildman–Crippen LogP) is 3.21. The number of ketones is 1. The molecule has 0 saturated carbocycles. The van der Waals surface area contributed by atoms with Crippen LogP contribution in [0.4, 0.5) is 0 Å². The molecule has 3 nitrogen and oxygen atoms in total. The summed E-state index contributed by atoms with van der Waals surface area (Å²) in [4.78, 5) is 12.4. The SMILES string of the molecule is CC(C)Oc1ccc(C(=O)c2ccc(CCN)cc2)cc1.